The van der Waals surface area contributed by atoms with E-state index in [1.807, 2.05) is 0 Å². The van der Waals surface area contributed by atoms with Crippen molar-refractivity contribution in [3.05, 3.63) is 6.54 Å². The fourth-order valence-corrected chi connectivity index (χ4v) is 2.18. The van der Waals surface area contributed by atoms with Crippen LogP contribution in [0.5, 0.6) is 0 Å². The summed E-state index contributed by atoms with van der Waals surface area (Å²) < 4.78 is 1.11. The minimum absolute atomic E-state index is 0.0990. The SMILES string of the molecule is OC1[CH-][N+]2(CCCCC2)C1. The Kier molecular flexibility index (Phi) is 1.46. The van der Waals surface area contributed by atoms with E-state index in [0.717, 1.165) is 11.0 Å². The maximum absolute atomic E-state index is 9.09. The van der Waals surface area contributed by atoms with Gasteiger partial charge in [-0.1, -0.05) is 0 Å². The third-order valence-electron chi connectivity index (χ3n) is 2.75. The van der Waals surface area contributed by atoms with Crippen molar-refractivity contribution in [3.8, 4) is 0 Å². The fraction of sp³-hybridized carbons (Fsp3) is 0.875. The van der Waals surface area contributed by atoms with Crippen LogP contribution in [0, 0.1) is 6.54 Å². The van der Waals surface area contributed by atoms with Gasteiger partial charge in [-0.15, -0.1) is 6.54 Å². The van der Waals surface area contributed by atoms with Crippen molar-refractivity contribution in [3.63, 3.8) is 0 Å². The van der Waals surface area contributed by atoms with E-state index in [0.29, 0.717) is 0 Å². The standard InChI is InChI=1S/C8H15NO/c10-8-6-9(7-8)4-2-1-3-5-9/h6,8,10H,1-5,7H2. The van der Waals surface area contributed by atoms with Crippen LogP contribution in [-0.2, 0) is 0 Å². The molecule has 1 unspecified atom stereocenters. The minimum Gasteiger partial charge on any atom is -0.452 e. The van der Waals surface area contributed by atoms with E-state index >= 15 is 0 Å². The van der Waals surface area contributed by atoms with Gasteiger partial charge in [0.25, 0.3) is 0 Å². The topological polar surface area (TPSA) is 20.2 Å². The number of hydrogen-bond donors (Lipinski definition) is 1. The molecule has 0 aromatic rings. The highest BCUT2D eigenvalue weighted by Gasteiger charge is 2.33. The Morgan fingerprint density at radius 2 is 1.80 bits per heavy atom. The van der Waals surface area contributed by atoms with Gasteiger partial charge in [0.1, 0.15) is 0 Å². The Hall–Kier alpha value is -0.0800. The molecule has 2 fully saturated rings. The first kappa shape index (κ1) is 6.62. The molecule has 0 amide bonds. The van der Waals surface area contributed by atoms with E-state index in [1.54, 1.807) is 0 Å². The van der Waals surface area contributed by atoms with Crippen LogP contribution in [0.1, 0.15) is 19.3 Å². The maximum Gasteiger partial charge on any atom is 0.0575 e. The summed E-state index contributed by atoms with van der Waals surface area (Å²) in [5, 5.41) is 9.09. The summed E-state index contributed by atoms with van der Waals surface area (Å²) in [6, 6.07) is 0. The van der Waals surface area contributed by atoms with Crippen LogP contribution in [0.4, 0.5) is 0 Å². The average Bonchev–Trinajstić information content (AvgIpc) is 1.87. The fourth-order valence-electron chi connectivity index (χ4n) is 2.18. The van der Waals surface area contributed by atoms with Gasteiger partial charge >= 0.3 is 0 Å². The summed E-state index contributed by atoms with van der Waals surface area (Å²) in [7, 11) is 0. The molecule has 0 aromatic heterocycles. The zero-order valence-electron chi connectivity index (χ0n) is 6.29. The summed E-state index contributed by atoms with van der Waals surface area (Å²) in [5.74, 6) is 0. The summed E-state index contributed by atoms with van der Waals surface area (Å²) in [6.07, 6.45) is 3.99. The molecule has 58 valence electrons. The lowest BCUT2D eigenvalue weighted by Crippen LogP contribution is -2.64. The Morgan fingerprint density at radius 1 is 1.20 bits per heavy atom. The molecule has 1 spiro atoms. The highest BCUT2D eigenvalue weighted by atomic mass is 16.3. The van der Waals surface area contributed by atoms with Crippen LogP contribution < -0.4 is 0 Å². The van der Waals surface area contributed by atoms with Crippen LogP contribution >= 0.6 is 0 Å². The second kappa shape index (κ2) is 2.21. The summed E-state index contributed by atoms with van der Waals surface area (Å²) in [4.78, 5) is 0. The molecular formula is C8H15NO. The summed E-state index contributed by atoms with van der Waals surface area (Å²) in [6.45, 7) is 5.63. The second-order valence-electron chi connectivity index (χ2n) is 3.63. The van der Waals surface area contributed by atoms with E-state index in [1.165, 1.54) is 32.4 Å². The van der Waals surface area contributed by atoms with Crippen LogP contribution in [-0.4, -0.2) is 35.3 Å². The molecule has 1 N–H and O–H groups in total. The zero-order chi connectivity index (χ0) is 7.03. The van der Waals surface area contributed by atoms with Gasteiger partial charge in [-0.3, -0.25) is 0 Å². The van der Waals surface area contributed by atoms with Crippen molar-refractivity contribution in [2.75, 3.05) is 19.6 Å². The molecule has 0 aliphatic carbocycles. The molecule has 2 nitrogen and oxygen atoms in total. The van der Waals surface area contributed by atoms with Crippen LogP contribution in [0.15, 0.2) is 0 Å². The van der Waals surface area contributed by atoms with Crippen molar-refractivity contribution >= 4 is 0 Å². The van der Waals surface area contributed by atoms with Gasteiger partial charge in [0.05, 0.1) is 19.6 Å². The maximum atomic E-state index is 9.09. The lowest BCUT2D eigenvalue weighted by Gasteiger charge is -2.60. The largest absolute Gasteiger partial charge is 0.452 e. The summed E-state index contributed by atoms with van der Waals surface area (Å²) in [5.41, 5.74) is 0. The Bertz CT molecular complexity index is 114. The van der Waals surface area contributed by atoms with Crippen molar-refractivity contribution < 1.29 is 9.59 Å². The molecule has 0 radical (unpaired) electrons. The van der Waals surface area contributed by atoms with Gasteiger partial charge in [0.15, 0.2) is 0 Å². The smallest absolute Gasteiger partial charge is 0.0575 e. The van der Waals surface area contributed by atoms with Gasteiger partial charge in [-0.05, 0) is 19.3 Å². The molecule has 10 heavy (non-hydrogen) atoms. The molecule has 0 saturated carbocycles. The molecular weight excluding hydrogens is 126 g/mol. The Morgan fingerprint density at radius 3 is 2.30 bits per heavy atom. The quantitative estimate of drug-likeness (QED) is 0.385. The normalized spacial score (nSPS) is 37.5. The van der Waals surface area contributed by atoms with E-state index in [4.69, 9.17) is 5.11 Å². The number of hydrogen-bond acceptors (Lipinski definition) is 1. The highest BCUT2D eigenvalue weighted by Crippen LogP contribution is 2.30. The first-order valence-electron chi connectivity index (χ1n) is 4.21. The zero-order valence-corrected chi connectivity index (χ0v) is 6.29. The van der Waals surface area contributed by atoms with Gasteiger partial charge in [-0.25, -0.2) is 0 Å². The van der Waals surface area contributed by atoms with Crippen molar-refractivity contribution in [1.29, 1.82) is 0 Å². The molecule has 2 saturated heterocycles. The van der Waals surface area contributed by atoms with Crippen LogP contribution in [0.3, 0.4) is 0 Å². The lowest BCUT2D eigenvalue weighted by molar-refractivity contribution is -0.944. The first-order chi connectivity index (χ1) is 4.81. The minimum atomic E-state index is -0.0990. The highest BCUT2D eigenvalue weighted by molar-refractivity contribution is 4.80. The van der Waals surface area contributed by atoms with E-state index in [9.17, 15) is 0 Å². The van der Waals surface area contributed by atoms with Gasteiger partial charge in [0, 0.05) is 6.10 Å². The number of aliphatic hydroxyl groups is 1. The van der Waals surface area contributed by atoms with Gasteiger partial charge < -0.3 is 9.59 Å². The van der Waals surface area contributed by atoms with Gasteiger partial charge in [0.2, 0.25) is 0 Å². The average molecular weight is 141 g/mol. The molecule has 0 aromatic carbocycles. The molecule has 2 heterocycles. The Balaban J connectivity index is 1.90. The Labute approximate surface area is 62.0 Å². The number of quaternary nitrogens is 1. The number of piperidine rings is 1. The third-order valence-corrected chi connectivity index (χ3v) is 2.75. The van der Waals surface area contributed by atoms with E-state index in [2.05, 4.69) is 6.54 Å². The van der Waals surface area contributed by atoms with E-state index in [-0.39, 0.29) is 6.10 Å². The van der Waals surface area contributed by atoms with Crippen LogP contribution in [0.2, 0.25) is 0 Å². The lowest BCUT2D eigenvalue weighted by atomic mass is 9.99. The van der Waals surface area contributed by atoms with Crippen molar-refractivity contribution in [2.45, 2.75) is 25.4 Å². The molecule has 2 rings (SSSR count). The third kappa shape index (κ3) is 0.956. The second-order valence-corrected chi connectivity index (χ2v) is 3.63. The van der Waals surface area contributed by atoms with Crippen molar-refractivity contribution in [1.82, 2.24) is 0 Å². The molecule has 2 aliphatic rings. The monoisotopic (exact) mass is 141 g/mol. The van der Waals surface area contributed by atoms with E-state index < -0.39 is 0 Å². The predicted octanol–water partition coefficient (Wildman–Crippen LogP) is 0.523. The number of rotatable bonds is 0. The number of nitrogens with zero attached hydrogens (tertiary/aromatic N) is 1. The number of aliphatic hydroxyl groups excluding tert-OH is 1. The molecule has 2 aliphatic heterocycles. The van der Waals surface area contributed by atoms with Crippen LogP contribution in [0.25, 0.3) is 0 Å². The molecule has 0 bridgehead atoms. The summed E-state index contributed by atoms with van der Waals surface area (Å²) >= 11 is 0. The molecule has 1 atom stereocenters. The first-order valence-corrected chi connectivity index (χ1v) is 4.21. The van der Waals surface area contributed by atoms with Gasteiger partial charge in [-0.2, -0.15) is 0 Å². The van der Waals surface area contributed by atoms with Crippen molar-refractivity contribution in [2.24, 2.45) is 0 Å². The molecule has 2 heteroatoms. The predicted molar refractivity (Wildman–Crippen MR) is 39.0 cm³/mol.